The van der Waals surface area contributed by atoms with E-state index in [0.29, 0.717) is 19.3 Å². The number of unbranched alkanes of at least 4 members (excludes halogenated alkanes) is 28. The van der Waals surface area contributed by atoms with Crippen molar-refractivity contribution >= 4 is 5.91 Å². The summed E-state index contributed by atoms with van der Waals surface area (Å²) in [5.41, 5.74) is 0. The summed E-state index contributed by atoms with van der Waals surface area (Å²) < 4.78 is 11.1. The zero-order valence-electron chi connectivity index (χ0n) is 42.2. The van der Waals surface area contributed by atoms with Crippen LogP contribution in [0, 0.1) is 0 Å². The van der Waals surface area contributed by atoms with E-state index in [1.807, 2.05) is 0 Å². The number of carbonyl (C=O) groups is 1. The van der Waals surface area contributed by atoms with Crippen LogP contribution in [0.15, 0.2) is 36.5 Å². The number of rotatable bonds is 46. The van der Waals surface area contributed by atoms with Crippen LogP contribution in [-0.2, 0) is 14.3 Å². The second-order valence-corrected chi connectivity index (χ2v) is 19.3. The Kier molecular flexibility index (Phi) is 42.1. The summed E-state index contributed by atoms with van der Waals surface area (Å²) in [5.74, 6) is -0.714. The molecule has 0 spiro atoms. The van der Waals surface area contributed by atoms with E-state index in [1.165, 1.54) is 135 Å². The van der Waals surface area contributed by atoms with Gasteiger partial charge in [-0.05, 0) is 77.0 Å². The fraction of sp³-hybridized carbons (Fsp3) is 0.873. The SMILES string of the molecule is CCCCCCCCCCC/C=C/CC/C=C/CCCC(O)C(O)C(COC1OC(CO)C(O)C(O)C1O)NC(=O)C(O)CCCCCCCC/C=C\CCCCCCCCCCCCC. The fourth-order valence-electron chi connectivity index (χ4n) is 8.63. The molecule has 0 aromatic carbocycles. The molecular weight excluding hydrogens is 835 g/mol. The highest BCUT2D eigenvalue weighted by molar-refractivity contribution is 5.80. The maximum Gasteiger partial charge on any atom is 0.249 e. The Balaban J connectivity index is 2.39. The Labute approximate surface area is 403 Å². The highest BCUT2D eigenvalue weighted by Crippen LogP contribution is 2.23. The van der Waals surface area contributed by atoms with Gasteiger partial charge in [-0.1, -0.05) is 198 Å². The van der Waals surface area contributed by atoms with Crippen LogP contribution in [-0.4, -0.2) is 110 Å². The van der Waals surface area contributed by atoms with Crippen molar-refractivity contribution in [1.82, 2.24) is 5.32 Å². The molecule has 1 saturated heterocycles. The molecule has 1 heterocycles. The van der Waals surface area contributed by atoms with Gasteiger partial charge in [0.15, 0.2) is 6.29 Å². The molecule has 0 aromatic heterocycles. The number of amides is 1. The van der Waals surface area contributed by atoms with E-state index in [0.717, 1.165) is 57.8 Å². The van der Waals surface area contributed by atoms with E-state index >= 15 is 0 Å². The van der Waals surface area contributed by atoms with Gasteiger partial charge in [-0.25, -0.2) is 0 Å². The summed E-state index contributed by atoms with van der Waals surface area (Å²) in [6, 6.07) is -1.19. The van der Waals surface area contributed by atoms with Gasteiger partial charge < -0.3 is 50.5 Å². The molecule has 66 heavy (non-hydrogen) atoms. The summed E-state index contributed by atoms with van der Waals surface area (Å²) in [6.45, 7) is 3.44. The van der Waals surface area contributed by atoms with Crippen LogP contribution >= 0.6 is 0 Å². The van der Waals surface area contributed by atoms with E-state index < -0.39 is 74.2 Å². The fourth-order valence-corrected chi connectivity index (χ4v) is 8.63. The molecule has 9 atom stereocenters. The first-order valence-electron chi connectivity index (χ1n) is 27.4. The van der Waals surface area contributed by atoms with Gasteiger partial charge in [0.05, 0.1) is 25.4 Å². The second kappa shape index (κ2) is 44.5. The van der Waals surface area contributed by atoms with Crippen molar-refractivity contribution in [2.24, 2.45) is 0 Å². The van der Waals surface area contributed by atoms with Crippen LogP contribution in [0.1, 0.15) is 239 Å². The van der Waals surface area contributed by atoms with Crippen LogP contribution in [0.2, 0.25) is 0 Å². The summed E-state index contributed by atoms with van der Waals surface area (Å²) >= 11 is 0. The lowest BCUT2D eigenvalue weighted by Gasteiger charge is -2.40. The van der Waals surface area contributed by atoms with Gasteiger partial charge in [-0.2, -0.15) is 0 Å². The molecule has 11 nitrogen and oxygen atoms in total. The number of hydrogen-bond acceptors (Lipinski definition) is 10. The monoisotopic (exact) mass is 938 g/mol. The number of allylic oxidation sites excluding steroid dienone is 6. The van der Waals surface area contributed by atoms with Crippen LogP contribution in [0.25, 0.3) is 0 Å². The lowest BCUT2D eigenvalue weighted by Crippen LogP contribution is -2.60. The first-order valence-corrected chi connectivity index (χ1v) is 27.4. The van der Waals surface area contributed by atoms with Crippen molar-refractivity contribution < 1.29 is 50.0 Å². The average molecular weight is 938 g/mol. The Morgan fingerprint density at radius 1 is 0.515 bits per heavy atom. The van der Waals surface area contributed by atoms with Crippen LogP contribution in [0.4, 0.5) is 0 Å². The Morgan fingerprint density at radius 2 is 0.909 bits per heavy atom. The summed E-state index contributed by atoms with van der Waals surface area (Å²) in [4.78, 5) is 13.1. The van der Waals surface area contributed by atoms with Gasteiger partial charge in [-0.15, -0.1) is 0 Å². The molecule has 11 heteroatoms. The topological polar surface area (TPSA) is 189 Å². The number of aliphatic hydroxyl groups excluding tert-OH is 7. The van der Waals surface area contributed by atoms with Gasteiger partial charge in [0, 0.05) is 0 Å². The minimum absolute atomic E-state index is 0.244. The molecule has 0 saturated carbocycles. The number of nitrogens with one attached hydrogen (secondary N) is 1. The lowest BCUT2D eigenvalue weighted by molar-refractivity contribution is -0.303. The third kappa shape index (κ3) is 33.0. The van der Waals surface area contributed by atoms with Gasteiger partial charge in [0.2, 0.25) is 5.91 Å². The summed E-state index contributed by atoms with van der Waals surface area (Å²) in [5, 5.41) is 76.0. The highest BCUT2D eigenvalue weighted by atomic mass is 16.7. The van der Waals surface area contributed by atoms with E-state index in [2.05, 4.69) is 55.6 Å². The van der Waals surface area contributed by atoms with E-state index in [1.54, 1.807) is 0 Å². The van der Waals surface area contributed by atoms with Crippen LogP contribution < -0.4 is 5.32 Å². The first-order chi connectivity index (χ1) is 32.2. The first kappa shape index (κ1) is 62.3. The quantitative estimate of drug-likeness (QED) is 0.0215. The van der Waals surface area contributed by atoms with Crippen LogP contribution in [0.5, 0.6) is 0 Å². The second-order valence-electron chi connectivity index (χ2n) is 19.3. The molecular formula is C55H103NO10. The van der Waals surface area contributed by atoms with Gasteiger partial charge in [-0.3, -0.25) is 4.79 Å². The van der Waals surface area contributed by atoms with Gasteiger partial charge in [0.1, 0.15) is 36.6 Å². The molecule has 0 bridgehead atoms. The third-order valence-corrected chi connectivity index (χ3v) is 13.1. The van der Waals surface area contributed by atoms with Crippen molar-refractivity contribution in [3.8, 4) is 0 Å². The van der Waals surface area contributed by atoms with Crippen molar-refractivity contribution in [2.45, 2.75) is 294 Å². The van der Waals surface area contributed by atoms with Gasteiger partial charge >= 0.3 is 0 Å². The number of ether oxygens (including phenoxy) is 2. The molecule has 1 aliphatic rings. The average Bonchev–Trinajstić information content (AvgIpc) is 3.32. The number of aliphatic hydroxyl groups is 7. The predicted octanol–water partition coefficient (Wildman–Crippen LogP) is 10.7. The molecule has 0 aliphatic carbocycles. The molecule has 1 fully saturated rings. The maximum atomic E-state index is 13.1. The van der Waals surface area contributed by atoms with Crippen molar-refractivity contribution in [2.75, 3.05) is 13.2 Å². The molecule has 9 unspecified atom stereocenters. The standard InChI is InChI=1S/C55H103NO10/c1-3-5-7-9-11-13-15-17-19-21-23-24-25-27-29-31-33-35-37-39-41-43-48(59)54(64)56-46(45-65-55-53(63)52(62)51(61)49(44-57)66-55)50(60)47(58)42-40-38-36-34-32-30-28-26-22-20-18-16-14-12-10-8-6-4-2/h25-28,34,36,46-53,55,57-63H,3-24,29-33,35,37-45H2,1-2H3,(H,56,64)/b27-25-,28-26+,36-34+. The Morgan fingerprint density at radius 3 is 1.35 bits per heavy atom. The molecule has 1 aliphatic heterocycles. The minimum Gasteiger partial charge on any atom is -0.394 e. The minimum atomic E-state index is -1.67. The lowest BCUT2D eigenvalue weighted by atomic mass is 9.98. The molecule has 0 radical (unpaired) electrons. The van der Waals surface area contributed by atoms with E-state index in [4.69, 9.17) is 9.47 Å². The number of carbonyl (C=O) groups excluding carboxylic acids is 1. The highest BCUT2D eigenvalue weighted by Gasteiger charge is 2.44. The van der Waals surface area contributed by atoms with Crippen molar-refractivity contribution in [3.63, 3.8) is 0 Å². The molecule has 388 valence electrons. The summed E-state index contributed by atoms with van der Waals surface area (Å²) in [6.07, 6.45) is 41.9. The van der Waals surface area contributed by atoms with Crippen LogP contribution in [0.3, 0.4) is 0 Å². The third-order valence-electron chi connectivity index (χ3n) is 13.1. The molecule has 0 aromatic rings. The predicted molar refractivity (Wildman–Crippen MR) is 270 cm³/mol. The van der Waals surface area contributed by atoms with Crippen molar-refractivity contribution in [3.05, 3.63) is 36.5 Å². The smallest absolute Gasteiger partial charge is 0.249 e. The summed E-state index contributed by atoms with van der Waals surface area (Å²) in [7, 11) is 0. The Bertz CT molecular complexity index is 1170. The Hall–Kier alpha value is -1.67. The van der Waals surface area contributed by atoms with E-state index in [-0.39, 0.29) is 12.8 Å². The zero-order valence-corrected chi connectivity index (χ0v) is 42.2. The van der Waals surface area contributed by atoms with Gasteiger partial charge in [0.25, 0.3) is 0 Å². The number of hydrogen-bond donors (Lipinski definition) is 8. The maximum absolute atomic E-state index is 13.1. The normalized spacial score (nSPS) is 21.0. The molecule has 1 rings (SSSR count). The molecule has 8 N–H and O–H groups in total. The van der Waals surface area contributed by atoms with Crippen molar-refractivity contribution in [1.29, 1.82) is 0 Å². The largest absolute Gasteiger partial charge is 0.394 e. The van der Waals surface area contributed by atoms with E-state index in [9.17, 15) is 40.5 Å². The zero-order chi connectivity index (χ0) is 48.3. The molecule has 1 amide bonds.